The van der Waals surface area contributed by atoms with E-state index in [1.807, 2.05) is 0 Å². The molecule has 5 nitrogen and oxygen atoms in total. The van der Waals surface area contributed by atoms with Gasteiger partial charge in [-0.1, -0.05) is 13.8 Å². The second-order valence-electron chi connectivity index (χ2n) is 3.15. The van der Waals surface area contributed by atoms with E-state index >= 15 is 0 Å². The summed E-state index contributed by atoms with van der Waals surface area (Å²) in [7, 11) is -2.62. The maximum atomic E-state index is 11.3. The first-order chi connectivity index (χ1) is 5.78. The van der Waals surface area contributed by atoms with E-state index < -0.39 is 21.9 Å². The lowest BCUT2D eigenvalue weighted by molar-refractivity contribution is -0.123. The van der Waals surface area contributed by atoms with Crippen molar-refractivity contribution in [3.05, 3.63) is 0 Å². The van der Waals surface area contributed by atoms with Crippen molar-refractivity contribution in [3.63, 3.8) is 0 Å². The fourth-order valence-electron chi connectivity index (χ4n) is 0.921. The molecule has 1 unspecified atom stereocenters. The highest BCUT2D eigenvalue weighted by atomic mass is 32.2. The van der Waals surface area contributed by atoms with Gasteiger partial charge in [0.1, 0.15) is 0 Å². The molecular weight excluding hydrogens is 194 g/mol. The molecule has 0 aromatic carbocycles. The van der Waals surface area contributed by atoms with Gasteiger partial charge < -0.3 is 5.32 Å². The Balaban J connectivity index is 4.45. The maximum absolute atomic E-state index is 11.3. The summed E-state index contributed by atoms with van der Waals surface area (Å²) in [5.74, 6) is -1.04. The minimum atomic E-state index is -4.10. The molecule has 0 rings (SSSR count). The summed E-state index contributed by atoms with van der Waals surface area (Å²) in [5, 5.41) is 2.55. The van der Waals surface area contributed by atoms with Crippen LogP contribution in [-0.2, 0) is 14.9 Å². The van der Waals surface area contributed by atoms with Gasteiger partial charge in [0.2, 0.25) is 0 Å². The molecule has 0 aliphatic rings. The quantitative estimate of drug-likeness (QED) is 0.607. The zero-order valence-electron chi connectivity index (χ0n) is 7.94. The monoisotopic (exact) mass is 209 g/mol. The summed E-state index contributed by atoms with van der Waals surface area (Å²) in [6.45, 7) is 3.35. The van der Waals surface area contributed by atoms with Gasteiger partial charge in [0.25, 0.3) is 10.1 Å². The maximum Gasteiger partial charge on any atom is 0.266 e. The smallest absolute Gasteiger partial charge is 0.266 e. The van der Waals surface area contributed by atoms with Crippen LogP contribution in [0.2, 0.25) is 0 Å². The number of ketones is 1. The van der Waals surface area contributed by atoms with Gasteiger partial charge >= 0.3 is 0 Å². The number of Topliss-reactive ketones (excluding diaryl/α,β-unsaturated/α-hetero) is 1. The fraction of sp³-hybridized carbons (Fsp3) is 0.857. The Hall–Kier alpha value is -0.460. The number of carbonyl (C=O) groups excluding carboxylic acids is 1. The molecule has 13 heavy (non-hydrogen) atoms. The van der Waals surface area contributed by atoms with Crippen LogP contribution in [-0.4, -0.2) is 37.6 Å². The summed E-state index contributed by atoms with van der Waals surface area (Å²) in [6, 6.07) is -0.824. The molecule has 0 heterocycles. The first-order valence-corrected chi connectivity index (χ1v) is 5.55. The summed E-state index contributed by atoms with van der Waals surface area (Å²) in [4.78, 5) is 11.3. The molecule has 2 N–H and O–H groups in total. The fourth-order valence-corrected chi connectivity index (χ4v) is 1.67. The van der Waals surface area contributed by atoms with Gasteiger partial charge in [-0.25, -0.2) is 0 Å². The van der Waals surface area contributed by atoms with E-state index in [0.717, 1.165) is 0 Å². The van der Waals surface area contributed by atoms with Crippen molar-refractivity contribution in [2.45, 2.75) is 19.9 Å². The van der Waals surface area contributed by atoms with E-state index in [0.29, 0.717) is 0 Å². The van der Waals surface area contributed by atoms with Crippen LogP contribution in [0.3, 0.4) is 0 Å². The third-order valence-corrected chi connectivity index (χ3v) is 2.39. The molecule has 0 saturated heterocycles. The van der Waals surface area contributed by atoms with Crippen LogP contribution in [0, 0.1) is 5.92 Å². The zero-order chi connectivity index (χ0) is 10.6. The molecular formula is C7H15NO4S. The van der Waals surface area contributed by atoms with E-state index in [-0.39, 0.29) is 11.7 Å². The standard InChI is InChI=1S/C7H15NO4S/c1-5(2)7(9)6(8-3)4-13(10,11)12/h5-6,8H,4H2,1-3H3,(H,10,11,12). The van der Waals surface area contributed by atoms with E-state index in [9.17, 15) is 13.2 Å². The molecule has 1 atom stereocenters. The van der Waals surface area contributed by atoms with E-state index in [1.165, 1.54) is 7.05 Å². The summed E-state index contributed by atoms with van der Waals surface area (Å²) in [5.41, 5.74) is 0. The molecule has 0 aliphatic heterocycles. The Morgan fingerprint density at radius 3 is 2.15 bits per heavy atom. The first-order valence-electron chi connectivity index (χ1n) is 3.94. The Bertz CT molecular complexity index is 270. The zero-order valence-corrected chi connectivity index (χ0v) is 8.76. The molecule has 0 fully saturated rings. The highest BCUT2D eigenvalue weighted by Crippen LogP contribution is 2.01. The second-order valence-corrected chi connectivity index (χ2v) is 4.64. The Labute approximate surface area is 78.3 Å². The van der Waals surface area contributed by atoms with Gasteiger partial charge in [0.05, 0.1) is 11.8 Å². The molecule has 6 heteroatoms. The molecule has 0 spiro atoms. The third kappa shape index (κ3) is 4.97. The van der Waals surface area contributed by atoms with Crippen molar-refractivity contribution in [2.24, 2.45) is 5.92 Å². The Kier molecular flexibility index (Phi) is 4.52. The largest absolute Gasteiger partial charge is 0.310 e. The number of nitrogens with one attached hydrogen (secondary N) is 1. The van der Waals surface area contributed by atoms with Crippen LogP contribution in [0.5, 0.6) is 0 Å². The molecule has 0 bridgehead atoms. The highest BCUT2D eigenvalue weighted by Gasteiger charge is 2.24. The van der Waals surface area contributed by atoms with Gasteiger partial charge in [-0.3, -0.25) is 9.35 Å². The van der Waals surface area contributed by atoms with Gasteiger partial charge in [-0.15, -0.1) is 0 Å². The molecule has 0 amide bonds. The topological polar surface area (TPSA) is 83.5 Å². The third-order valence-electron chi connectivity index (χ3n) is 1.64. The van der Waals surface area contributed by atoms with Gasteiger partial charge in [0.15, 0.2) is 5.78 Å². The van der Waals surface area contributed by atoms with Crippen molar-refractivity contribution in [1.29, 1.82) is 0 Å². The van der Waals surface area contributed by atoms with Crippen molar-refractivity contribution in [2.75, 3.05) is 12.8 Å². The minimum Gasteiger partial charge on any atom is -0.310 e. The average molecular weight is 209 g/mol. The number of hydrogen-bond acceptors (Lipinski definition) is 4. The lowest BCUT2D eigenvalue weighted by Crippen LogP contribution is -2.42. The Morgan fingerprint density at radius 2 is 1.92 bits per heavy atom. The lowest BCUT2D eigenvalue weighted by Gasteiger charge is -2.14. The van der Waals surface area contributed by atoms with Crippen LogP contribution in [0.1, 0.15) is 13.8 Å². The number of carbonyl (C=O) groups is 1. The van der Waals surface area contributed by atoms with Crippen molar-refractivity contribution < 1.29 is 17.8 Å². The molecule has 0 aromatic heterocycles. The molecule has 0 saturated carbocycles. The molecule has 78 valence electrons. The van der Waals surface area contributed by atoms with Crippen LogP contribution in [0.4, 0.5) is 0 Å². The number of likely N-dealkylation sites (N-methyl/N-ethyl adjacent to an activating group) is 1. The summed E-state index contributed by atoms with van der Waals surface area (Å²) >= 11 is 0. The summed E-state index contributed by atoms with van der Waals surface area (Å²) in [6.07, 6.45) is 0. The molecule has 0 aliphatic carbocycles. The van der Waals surface area contributed by atoms with Crippen LogP contribution < -0.4 is 5.32 Å². The van der Waals surface area contributed by atoms with E-state index in [4.69, 9.17) is 4.55 Å². The van der Waals surface area contributed by atoms with Crippen molar-refractivity contribution in [3.8, 4) is 0 Å². The van der Waals surface area contributed by atoms with E-state index in [1.54, 1.807) is 13.8 Å². The van der Waals surface area contributed by atoms with E-state index in [2.05, 4.69) is 5.32 Å². The van der Waals surface area contributed by atoms with Gasteiger partial charge in [-0.05, 0) is 7.05 Å². The molecule has 0 radical (unpaired) electrons. The predicted molar refractivity (Wildman–Crippen MR) is 49.1 cm³/mol. The summed E-state index contributed by atoms with van der Waals surface area (Å²) < 4.78 is 29.5. The predicted octanol–water partition coefficient (Wildman–Crippen LogP) is -0.313. The SMILES string of the molecule is CNC(CS(=O)(=O)O)C(=O)C(C)C. The van der Waals surface area contributed by atoms with Crippen LogP contribution in [0.25, 0.3) is 0 Å². The number of hydrogen-bond donors (Lipinski definition) is 2. The van der Waals surface area contributed by atoms with Crippen molar-refractivity contribution in [1.82, 2.24) is 5.32 Å². The minimum absolute atomic E-state index is 0.222. The normalized spacial score (nSPS) is 14.5. The Morgan fingerprint density at radius 1 is 1.46 bits per heavy atom. The first kappa shape index (κ1) is 12.5. The van der Waals surface area contributed by atoms with Gasteiger partial charge in [-0.2, -0.15) is 8.42 Å². The molecule has 0 aromatic rings. The number of rotatable bonds is 5. The van der Waals surface area contributed by atoms with Crippen molar-refractivity contribution >= 4 is 15.9 Å². The van der Waals surface area contributed by atoms with Crippen LogP contribution in [0.15, 0.2) is 0 Å². The second kappa shape index (κ2) is 4.69. The highest BCUT2D eigenvalue weighted by molar-refractivity contribution is 7.85. The van der Waals surface area contributed by atoms with Crippen LogP contribution >= 0.6 is 0 Å². The lowest BCUT2D eigenvalue weighted by atomic mass is 10.0. The van der Waals surface area contributed by atoms with Gasteiger partial charge in [0, 0.05) is 5.92 Å². The average Bonchev–Trinajstić information content (AvgIpc) is 1.97.